The van der Waals surface area contributed by atoms with Crippen LogP contribution in [0.5, 0.6) is 11.5 Å². The molecular weight excluding hydrogens is 322 g/mol. The van der Waals surface area contributed by atoms with Gasteiger partial charge in [0, 0.05) is 12.6 Å². The van der Waals surface area contributed by atoms with Gasteiger partial charge in [-0.2, -0.15) is 0 Å². The van der Waals surface area contributed by atoms with Crippen molar-refractivity contribution in [2.75, 3.05) is 20.3 Å². The summed E-state index contributed by atoms with van der Waals surface area (Å²) in [5.41, 5.74) is 1.09. The summed E-state index contributed by atoms with van der Waals surface area (Å²) >= 11 is 0. The van der Waals surface area contributed by atoms with Crippen molar-refractivity contribution in [1.29, 1.82) is 0 Å². The number of phenolic OH excluding ortho intramolecular Hbond substituents is 1. The molecule has 132 valence electrons. The van der Waals surface area contributed by atoms with Gasteiger partial charge in [0.25, 0.3) is 5.91 Å². The SMILES string of the molecule is COc1ccc(C(=O)OCC(=O)NC[C@@H](C)c2ccccc2)c(O)c1. The Morgan fingerprint density at radius 1 is 1.16 bits per heavy atom. The lowest BCUT2D eigenvalue weighted by molar-refractivity contribution is -0.124. The van der Waals surface area contributed by atoms with Crippen LogP contribution in [0, 0.1) is 0 Å². The van der Waals surface area contributed by atoms with E-state index in [1.165, 1.54) is 25.3 Å². The first-order valence-corrected chi connectivity index (χ1v) is 7.87. The van der Waals surface area contributed by atoms with Crippen LogP contribution in [0.4, 0.5) is 0 Å². The van der Waals surface area contributed by atoms with E-state index >= 15 is 0 Å². The van der Waals surface area contributed by atoms with E-state index in [4.69, 9.17) is 9.47 Å². The van der Waals surface area contributed by atoms with Crippen LogP contribution in [-0.2, 0) is 9.53 Å². The van der Waals surface area contributed by atoms with Gasteiger partial charge in [-0.15, -0.1) is 0 Å². The number of carbonyl (C=O) groups is 2. The predicted octanol–water partition coefficient (Wildman–Crippen LogP) is 2.48. The Hall–Kier alpha value is -3.02. The molecule has 0 saturated carbocycles. The molecule has 1 amide bonds. The molecular formula is C19H21NO5. The van der Waals surface area contributed by atoms with Gasteiger partial charge in [-0.05, 0) is 23.6 Å². The van der Waals surface area contributed by atoms with Gasteiger partial charge in [-0.1, -0.05) is 37.3 Å². The van der Waals surface area contributed by atoms with Crippen molar-refractivity contribution in [1.82, 2.24) is 5.32 Å². The Kier molecular flexibility index (Phi) is 6.39. The molecule has 2 aromatic rings. The fraction of sp³-hybridized carbons (Fsp3) is 0.263. The number of rotatable bonds is 7. The summed E-state index contributed by atoms with van der Waals surface area (Å²) < 4.78 is 9.87. The molecule has 0 aliphatic heterocycles. The minimum atomic E-state index is -0.772. The zero-order chi connectivity index (χ0) is 18.2. The number of phenols is 1. The number of methoxy groups -OCH3 is 1. The number of nitrogens with one attached hydrogen (secondary N) is 1. The van der Waals surface area contributed by atoms with Gasteiger partial charge in [0.05, 0.1) is 7.11 Å². The third-order valence-electron chi connectivity index (χ3n) is 3.73. The summed E-state index contributed by atoms with van der Waals surface area (Å²) in [4.78, 5) is 23.8. The zero-order valence-electron chi connectivity index (χ0n) is 14.2. The Balaban J connectivity index is 1.80. The average Bonchev–Trinajstić information content (AvgIpc) is 2.64. The summed E-state index contributed by atoms with van der Waals surface area (Å²) in [7, 11) is 1.45. The van der Waals surface area contributed by atoms with Gasteiger partial charge >= 0.3 is 5.97 Å². The van der Waals surface area contributed by atoms with Crippen molar-refractivity contribution in [3.63, 3.8) is 0 Å². The van der Waals surface area contributed by atoms with Crippen molar-refractivity contribution in [3.8, 4) is 11.5 Å². The average molecular weight is 343 g/mol. The van der Waals surface area contributed by atoms with Gasteiger partial charge in [0.15, 0.2) is 6.61 Å². The molecule has 6 nitrogen and oxygen atoms in total. The smallest absolute Gasteiger partial charge is 0.342 e. The molecule has 0 fully saturated rings. The first-order chi connectivity index (χ1) is 12.0. The molecule has 0 unspecified atom stereocenters. The Labute approximate surface area is 146 Å². The fourth-order valence-corrected chi connectivity index (χ4v) is 2.24. The van der Waals surface area contributed by atoms with Crippen LogP contribution in [0.3, 0.4) is 0 Å². The molecule has 2 N–H and O–H groups in total. The van der Waals surface area contributed by atoms with E-state index in [0.717, 1.165) is 5.56 Å². The summed E-state index contributed by atoms with van der Waals surface area (Å²) in [5.74, 6) is -0.869. The van der Waals surface area contributed by atoms with E-state index in [1.54, 1.807) is 0 Å². The molecule has 6 heteroatoms. The number of aromatic hydroxyl groups is 1. The zero-order valence-corrected chi connectivity index (χ0v) is 14.2. The number of esters is 1. The number of amides is 1. The van der Waals surface area contributed by atoms with Gasteiger partial charge < -0.3 is 19.9 Å². The molecule has 0 aromatic heterocycles. The highest BCUT2D eigenvalue weighted by atomic mass is 16.5. The number of hydrogen-bond donors (Lipinski definition) is 2. The maximum Gasteiger partial charge on any atom is 0.342 e. The molecule has 0 radical (unpaired) electrons. The quantitative estimate of drug-likeness (QED) is 0.755. The summed E-state index contributed by atoms with van der Waals surface area (Å²) in [6.45, 7) is 2.02. The minimum Gasteiger partial charge on any atom is -0.507 e. The molecule has 0 bridgehead atoms. The highest BCUT2D eigenvalue weighted by Gasteiger charge is 2.15. The lowest BCUT2D eigenvalue weighted by Gasteiger charge is -2.13. The highest BCUT2D eigenvalue weighted by Crippen LogP contribution is 2.23. The number of benzene rings is 2. The van der Waals surface area contributed by atoms with Crippen LogP contribution >= 0.6 is 0 Å². The Morgan fingerprint density at radius 3 is 2.52 bits per heavy atom. The first kappa shape index (κ1) is 18.3. The third-order valence-corrected chi connectivity index (χ3v) is 3.73. The molecule has 0 aliphatic carbocycles. The van der Waals surface area contributed by atoms with Gasteiger partial charge in [0.1, 0.15) is 17.1 Å². The molecule has 0 spiro atoms. The van der Waals surface area contributed by atoms with Crippen LogP contribution in [0.25, 0.3) is 0 Å². The highest BCUT2D eigenvalue weighted by molar-refractivity contribution is 5.94. The van der Waals surface area contributed by atoms with Gasteiger partial charge in [0.2, 0.25) is 0 Å². The second-order valence-corrected chi connectivity index (χ2v) is 5.58. The Morgan fingerprint density at radius 2 is 1.88 bits per heavy atom. The monoisotopic (exact) mass is 343 g/mol. The molecule has 1 atom stereocenters. The fourth-order valence-electron chi connectivity index (χ4n) is 2.24. The Bertz CT molecular complexity index is 730. The normalized spacial score (nSPS) is 11.4. The molecule has 2 rings (SSSR count). The van der Waals surface area contributed by atoms with Crippen molar-refractivity contribution in [2.45, 2.75) is 12.8 Å². The van der Waals surface area contributed by atoms with E-state index < -0.39 is 18.5 Å². The van der Waals surface area contributed by atoms with Crippen LogP contribution in [0.1, 0.15) is 28.8 Å². The van der Waals surface area contributed by atoms with Gasteiger partial charge in [-0.25, -0.2) is 4.79 Å². The topological polar surface area (TPSA) is 84.9 Å². The lowest BCUT2D eigenvalue weighted by atomic mass is 10.0. The maximum atomic E-state index is 11.9. The summed E-state index contributed by atoms with van der Waals surface area (Å²) in [6, 6.07) is 14.0. The molecule has 0 heterocycles. The third kappa shape index (κ3) is 5.24. The van der Waals surface area contributed by atoms with Gasteiger partial charge in [-0.3, -0.25) is 4.79 Å². The van der Waals surface area contributed by atoms with E-state index in [1.807, 2.05) is 37.3 Å². The molecule has 0 saturated heterocycles. The van der Waals surface area contributed by atoms with E-state index in [2.05, 4.69) is 5.32 Å². The molecule has 2 aromatic carbocycles. The van der Waals surface area contributed by atoms with Crippen molar-refractivity contribution < 1.29 is 24.2 Å². The predicted molar refractivity (Wildman–Crippen MR) is 92.8 cm³/mol. The minimum absolute atomic E-state index is 0.0220. The van der Waals surface area contributed by atoms with Crippen LogP contribution < -0.4 is 10.1 Å². The summed E-state index contributed by atoms with van der Waals surface area (Å²) in [6.07, 6.45) is 0. The molecule has 0 aliphatic rings. The standard InChI is InChI=1S/C19H21NO5/c1-13(14-6-4-3-5-7-14)11-20-18(22)12-25-19(23)16-9-8-15(24-2)10-17(16)21/h3-10,13,21H,11-12H2,1-2H3,(H,20,22)/t13-/m1/s1. The van der Waals surface area contributed by atoms with Crippen molar-refractivity contribution in [3.05, 3.63) is 59.7 Å². The lowest BCUT2D eigenvalue weighted by Crippen LogP contribution is -2.31. The number of carbonyl (C=O) groups excluding carboxylic acids is 2. The number of hydrogen-bond acceptors (Lipinski definition) is 5. The van der Waals surface area contributed by atoms with Crippen molar-refractivity contribution >= 4 is 11.9 Å². The second-order valence-electron chi connectivity index (χ2n) is 5.58. The molecule has 25 heavy (non-hydrogen) atoms. The van der Waals surface area contributed by atoms with E-state index in [-0.39, 0.29) is 17.2 Å². The van der Waals surface area contributed by atoms with Crippen LogP contribution in [-0.4, -0.2) is 37.2 Å². The summed E-state index contributed by atoms with van der Waals surface area (Å²) in [5, 5.41) is 12.5. The van der Waals surface area contributed by atoms with Crippen LogP contribution in [0.15, 0.2) is 48.5 Å². The second kappa shape index (κ2) is 8.73. The van der Waals surface area contributed by atoms with E-state index in [0.29, 0.717) is 12.3 Å². The van der Waals surface area contributed by atoms with Crippen molar-refractivity contribution in [2.24, 2.45) is 0 Å². The largest absolute Gasteiger partial charge is 0.507 e. The maximum absolute atomic E-state index is 11.9. The van der Waals surface area contributed by atoms with Crippen LogP contribution in [0.2, 0.25) is 0 Å². The van der Waals surface area contributed by atoms with E-state index in [9.17, 15) is 14.7 Å². The number of ether oxygens (including phenoxy) is 2. The first-order valence-electron chi connectivity index (χ1n) is 7.87.